The van der Waals surface area contributed by atoms with Crippen molar-refractivity contribution in [3.8, 4) is 17.2 Å². The lowest BCUT2D eigenvalue weighted by atomic mass is 10.2. The zero-order valence-corrected chi connectivity index (χ0v) is 14.5. The molecule has 1 aromatic carbocycles. The third-order valence-electron chi connectivity index (χ3n) is 4.05. The number of ether oxygens (including phenoxy) is 2. The van der Waals surface area contributed by atoms with Crippen molar-refractivity contribution in [1.82, 2.24) is 19.5 Å². The third-order valence-corrected chi connectivity index (χ3v) is 4.05. The lowest BCUT2D eigenvalue weighted by Gasteiger charge is -2.09. The maximum absolute atomic E-state index is 12.6. The Labute approximate surface area is 149 Å². The molecule has 0 aliphatic heterocycles. The molecule has 7 nitrogen and oxygen atoms in total. The van der Waals surface area contributed by atoms with Gasteiger partial charge in [0.15, 0.2) is 5.65 Å². The molecule has 0 aliphatic rings. The molecule has 26 heavy (non-hydrogen) atoms. The highest BCUT2D eigenvalue weighted by molar-refractivity contribution is 5.85. The maximum Gasteiger partial charge on any atom is 0.332 e. The molecule has 3 aromatic heterocycles. The zero-order chi connectivity index (χ0) is 18.1. The number of fused-ring (bicyclic) bond motifs is 2. The Bertz CT molecular complexity index is 1150. The van der Waals surface area contributed by atoms with Gasteiger partial charge in [0, 0.05) is 17.6 Å². The van der Waals surface area contributed by atoms with Crippen LogP contribution in [0.2, 0.25) is 0 Å². The summed E-state index contributed by atoms with van der Waals surface area (Å²) in [6.45, 7) is 4.89. The van der Waals surface area contributed by atoms with E-state index in [1.165, 1.54) is 0 Å². The molecule has 4 rings (SSSR count). The van der Waals surface area contributed by atoms with Gasteiger partial charge in [0.1, 0.15) is 17.0 Å². The zero-order valence-electron chi connectivity index (χ0n) is 14.5. The fourth-order valence-electron chi connectivity index (χ4n) is 3.00. The van der Waals surface area contributed by atoms with E-state index in [4.69, 9.17) is 9.47 Å². The van der Waals surface area contributed by atoms with E-state index in [2.05, 4.69) is 15.0 Å². The smallest absolute Gasteiger partial charge is 0.332 e. The van der Waals surface area contributed by atoms with Gasteiger partial charge in [-0.25, -0.2) is 9.78 Å². The van der Waals surface area contributed by atoms with Crippen LogP contribution < -0.4 is 15.2 Å². The number of pyridine rings is 2. The Balaban J connectivity index is 1.94. The van der Waals surface area contributed by atoms with Gasteiger partial charge in [-0.05, 0) is 38.1 Å². The first-order valence-corrected chi connectivity index (χ1v) is 8.46. The Morgan fingerprint density at radius 2 is 1.92 bits per heavy atom. The predicted octanol–water partition coefficient (Wildman–Crippen LogP) is 3.06. The lowest BCUT2D eigenvalue weighted by Crippen LogP contribution is -2.15. The van der Waals surface area contributed by atoms with Gasteiger partial charge in [0.2, 0.25) is 0 Å². The standard InChI is InChI=1S/C19H18N4O3/c1-3-25-14-10-12-9-13(5-6-15(12)21-11-14)23-17-16(26-4-2)7-8-20-18(17)22-19(23)24/h5-11H,3-4H2,1-2H3,(H,20,22,24). The minimum absolute atomic E-state index is 0.270. The van der Waals surface area contributed by atoms with Gasteiger partial charge in [0.05, 0.1) is 30.6 Å². The summed E-state index contributed by atoms with van der Waals surface area (Å²) in [5, 5.41) is 0.886. The first-order valence-electron chi connectivity index (χ1n) is 8.46. The Morgan fingerprint density at radius 1 is 1.08 bits per heavy atom. The van der Waals surface area contributed by atoms with Crippen LogP contribution in [-0.2, 0) is 0 Å². The van der Waals surface area contributed by atoms with Crippen LogP contribution in [0.5, 0.6) is 11.5 Å². The van der Waals surface area contributed by atoms with E-state index < -0.39 is 0 Å². The minimum atomic E-state index is -0.270. The summed E-state index contributed by atoms with van der Waals surface area (Å²) in [5.74, 6) is 1.30. The van der Waals surface area contributed by atoms with Crippen molar-refractivity contribution in [2.75, 3.05) is 13.2 Å². The molecule has 132 valence electrons. The van der Waals surface area contributed by atoms with Crippen molar-refractivity contribution in [2.24, 2.45) is 0 Å². The molecule has 0 saturated heterocycles. The molecule has 0 aliphatic carbocycles. The van der Waals surface area contributed by atoms with Crippen molar-refractivity contribution >= 4 is 22.1 Å². The van der Waals surface area contributed by atoms with Gasteiger partial charge < -0.3 is 9.47 Å². The number of benzene rings is 1. The van der Waals surface area contributed by atoms with Gasteiger partial charge in [-0.1, -0.05) is 0 Å². The number of H-pyrrole nitrogens is 1. The summed E-state index contributed by atoms with van der Waals surface area (Å²) >= 11 is 0. The average Bonchev–Trinajstić information content (AvgIpc) is 2.98. The molecule has 0 amide bonds. The van der Waals surface area contributed by atoms with E-state index in [1.54, 1.807) is 23.0 Å². The highest BCUT2D eigenvalue weighted by Gasteiger charge is 2.15. The second-order valence-electron chi connectivity index (χ2n) is 5.69. The van der Waals surface area contributed by atoms with Crippen LogP contribution in [0.3, 0.4) is 0 Å². The van der Waals surface area contributed by atoms with Crippen LogP contribution in [0.25, 0.3) is 27.8 Å². The number of hydrogen-bond acceptors (Lipinski definition) is 5. The SMILES string of the molecule is CCOc1cnc2ccc(-n3c(=O)[nH]c4nccc(OCC)c43)cc2c1. The van der Waals surface area contributed by atoms with Gasteiger partial charge in [-0.2, -0.15) is 0 Å². The predicted molar refractivity (Wildman–Crippen MR) is 99.3 cm³/mol. The van der Waals surface area contributed by atoms with Crippen LogP contribution in [0.4, 0.5) is 0 Å². The van der Waals surface area contributed by atoms with E-state index in [9.17, 15) is 4.79 Å². The van der Waals surface area contributed by atoms with Crippen LogP contribution in [0.15, 0.2) is 47.5 Å². The van der Waals surface area contributed by atoms with E-state index >= 15 is 0 Å². The number of nitrogens with one attached hydrogen (secondary N) is 1. The summed E-state index contributed by atoms with van der Waals surface area (Å²) < 4.78 is 12.8. The molecule has 0 spiro atoms. The summed E-state index contributed by atoms with van der Waals surface area (Å²) in [7, 11) is 0. The van der Waals surface area contributed by atoms with Crippen molar-refractivity contribution in [3.05, 3.63) is 53.2 Å². The highest BCUT2D eigenvalue weighted by Crippen LogP contribution is 2.26. The lowest BCUT2D eigenvalue weighted by molar-refractivity contribution is 0.339. The molecule has 3 heterocycles. The molecule has 0 unspecified atom stereocenters. The Kier molecular flexibility index (Phi) is 4.04. The molecular formula is C19H18N4O3. The number of nitrogens with zero attached hydrogens (tertiary/aromatic N) is 3. The van der Waals surface area contributed by atoms with E-state index in [0.29, 0.717) is 41.6 Å². The van der Waals surface area contributed by atoms with Crippen LogP contribution in [0, 0.1) is 0 Å². The van der Waals surface area contributed by atoms with E-state index in [0.717, 1.165) is 10.9 Å². The quantitative estimate of drug-likeness (QED) is 0.598. The van der Waals surface area contributed by atoms with Crippen molar-refractivity contribution in [3.63, 3.8) is 0 Å². The fourth-order valence-corrected chi connectivity index (χ4v) is 3.00. The molecule has 7 heteroatoms. The number of aromatic nitrogens is 4. The number of imidazole rings is 1. The maximum atomic E-state index is 12.6. The summed E-state index contributed by atoms with van der Waals surface area (Å²) in [5.41, 5.74) is 2.37. The highest BCUT2D eigenvalue weighted by atomic mass is 16.5. The van der Waals surface area contributed by atoms with E-state index in [-0.39, 0.29) is 5.69 Å². The monoisotopic (exact) mass is 350 g/mol. The third kappa shape index (κ3) is 2.67. The average molecular weight is 350 g/mol. The first-order chi connectivity index (χ1) is 12.7. The molecular weight excluding hydrogens is 332 g/mol. The van der Waals surface area contributed by atoms with Crippen molar-refractivity contribution in [1.29, 1.82) is 0 Å². The molecule has 0 atom stereocenters. The van der Waals surface area contributed by atoms with Crippen molar-refractivity contribution in [2.45, 2.75) is 13.8 Å². The molecule has 0 bridgehead atoms. The number of hydrogen-bond donors (Lipinski definition) is 1. The first kappa shape index (κ1) is 16.1. The molecule has 0 saturated carbocycles. The summed E-state index contributed by atoms with van der Waals surface area (Å²) in [6, 6.07) is 9.31. The van der Waals surface area contributed by atoms with Gasteiger partial charge in [0.25, 0.3) is 0 Å². The van der Waals surface area contributed by atoms with Crippen LogP contribution >= 0.6 is 0 Å². The topological polar surface area (TPSA) is 82.0 Å². The molecule has 1 N–H and O–H groups in total. The number of rotatable bonds is 5. The van der Waals surface area contributed by atoms with Gasteiger partial charge >= 0.3 is 5.69 Å². The Hall–Kier alpha value is -3.35. The van der Waals surface area contributed by atoms with Crippen LogP contribution in [0.1, 0.15) is 13.8 Å². The summed E-state index contributed by atoms with van der Waals surface area (Å²) in [4.78, 5) is 24.0. The van der Waals surface area contributed by atoms with Crippen molar-refractivity contribution < 1.29 is 9.47 Å². The fraction of sp³-hybridized carbons (Fsp3) is 0.211. The molecule has 0 radical (unpaired) electrons. The normalized spacial score (nSPS) is 11.2. The number of aromatic amines is 1. The van der Waals surface area contributed by atoms with Gasteiger partial charge in [-0.15, -0.1) is 0 Å². The second-order valence-corrected chi connectivity index (χ2v) is 5.69. The Morgan fingerprint density at radius 3 is 2.73 bits per heavy atom. The second kappa shape index (κ2) is 6.51. The summed E-state index contributed by atoms with van der Waals surface area (Å²) in [6.07, 6.45) is 3.31. The largest absolute Gasteiger partial charge is 0.492 e. The molecule has 4 aromatic rings. The van der Waals surface area contributed by atoms with Crippen LogP contribution in [-0.4, -0.2) is 32.7 Å². The van der Waals surface area contributed by atoms with Gasteiger partial charge in [-0.3, -0.25) is 14.5 Å². The molecule has 0 fully saturated rings. The minimum Gasteiger partial charge on any atom is -0.492 e. The van der Waals surface area contributed by atoms with E-state index in [1.807, 2.05) is 38.1 Å².